The van der Waals surface area contributed by atoms with Crippen molar-refractivity contribution in [3.8, 4) is 0 Å². The normalized spacial score (nSPS) is 21.8. The summed E-state index contributed by atoms with van der Waals surface area (Å²) in [5.74, 6) is 0.249. The van der Waals surface area contributed by atoms with E-state index in [1.54, 1.807) is 25.1 Å². The minimum Gasteiger partial charge on any atom is -0.376 e. The standard InChI is InChI=1S/C12H16N2O4S/c1-9-4-2-6-11(12(9)14(15)16)13-10-5-3-7-19(17,18)8-10/h2,4,6,10,13H,3,5,7-8H2,1H3. The van der Waals surface area contributed by atoms with Crippen LogP contribution in [-0.4, -0.2) is 30.9 Å². The molecule has 1 atom stereocenters. The molecule has 104 valence electrons. The highest BCUT2D eigenvalue weighted by Crippen LogP contribution is 2.29. The quantitative estimate of drug-likeness (QED) is 0.676. The molecule has 1 saturated heterocycles. The number of hydrogen-bond acceptors (Lipinski definition) is 5. The zero-order chi connectivity index (χ0) is 14.0. The number of rotatable bonds is 3. The number of nitrogens with zero attached hydrogens (tertiary/aromatic N) is 1. The Bertz CT molecular complexity index is 598. The Hall–Kier alpha value is -1.63. The molecule has 7 heteroatoms. The van der Waals surface area contributed by atoms with E-state index in [0.717, 1.165) is 0 Å². The largest absolute Gasteiger partial charge is 0.376 e. The van der Waals surface area contributed by atoms with Crippen LogP contribution in [-0.2, 0) is 9.84 Å². The highest BCUT2D eigenvalue weighted by molar-refractivity contribution is 7.91. The van der Waals surface area contributed by atoms with E-state index in [1.165, 1.54) is 0 Å². The van der Waals surface area contributed by atoms with Crippen molar-refractivity contribution in [1.29, 1.82) is 0 Å². The third-order valence-corrected chi connectivity index (χ3v) is 5.06. The van der Waals surface area contributed by atoms with E-state index in [2.05, 4.69) is 5.32 Å². The maximum absolute atomic E-state index is 11.6. The minimum atomic E-state index is -3.03. The average molecular weight is 284 g/mol. The summed E-state index contributed by atoms with van der Waals surface area (Å²) >= 11 is 0. The third kappa shape index (κ3) is 3.23. The molecule has 0 amide bonds. The number of nitro benzene ring substituents is 1. The van der Waals surface area contributed by atoms with Gasteiger partial charge in [-0.1, -0.05) is 12.1 Å². The molecule has 0 spiro atoms. The topological polar surface area (TPSA) is 89.3 Å². The first kappa shape index (κ1) is 13.8. The second-order valence-electron chi connectivity index (χ2n) is 4.83. The van der Waals surface area contributed by atoms with E-state index in [0.29, 0.717) is 24.1 Å². The summed E-state index contributed by atoms with van der Waals surface area (Å²) in [5.41, 5.74) is 0.978. The van der Waals surface area contributed by atoms with Crippen molar-refractivity contribution in [2.75, 3.05) is 16.8 Å². The smallest absolute Gasteiger partial charge is 0.295 e. The average Bonchev–Trinajstić information content (AvgIpc) is 2.26. The van der Waals surface area contributed by atoms with Crippen molar-refractivity contribution >= 4 is 21.2 Å². The van der Waals surface area contributed by atoms with Gasteiger partial charge in [-0.25, -0.2) is 8.42 Å². The Morgan fingerprint density at radius 3 is 2.79 bits per heavy atom. The van der Waals surface area contributed by atoms with Gasteiger partial charge in [0.15, 0.2) is 9.84 Å². The van der Waals surface area contributed by atoms with E-state index in [-0.39, 0.29) is 23.2 Å². The molecule has 2 rings (SSSR count). The summed E-state index contributed by atoms with van der Waals surface area (Å²) in [7, 11) is -3.03. The highest BCUT2D eigenvalue weighted by atomic mass is 32.2. The SMILES string of the molecule is Cc1cccc(NC2CCCS(=O)(=O)C2)c1[N+](=O)[O-]. The van der Waals surface area contributed by atoms with E-state index < -0.39 is 14.8 Å². The maximum atomic E-state index is 11.6. The molecule has 1 aliphatic rings. The lowest BCUT2D eigenvalue weighted by Crippen LogP contribution is -2.35. The molecule has 1 unspecified atom stereocenters. The predicted molar refractivity (Wildman–Crippen MR) is 73.1 cm³/mol. The summed E-state index contributed by atoms with van der Waals surface area (Å²) in [6, 6.07) is 4.76. The van der Waals surface area contributed by atoms with Crippen LogP contribution in [0, 0.1) is 17.0 Å². The summed E-state index contributed by atoms with van der Waals surface area (Å²) in [5, 5.41) is 14.1. The molecular formula is C12H16N2O4S. The summed E-state index contributed by atoms with van der Waals surface area (Å²) in [4.78, 5) is 10.6. The third-order valence-electron chi connectivity index (χ3n) is 3.24. The van der Waals surface area contributed by atoms with Crippen molar-refractivity contribution in [2.24, 2.45) is 0 Å². The maximum Gasteiger partial charge on any atom is 0.295 e. The Morgan fingerprint density at radius 2 is 2.16 bits per heavy atom. The Labute approximate surface area is 111 Å². The van der Waals surface area contributed by atoms with Gasteiger partial charge in [0, 0.05) is 11.6 Å². The molecule has 1 fully saturated rings. The summed E-state index contributed by atoms with van der Waals surface area (Å²) in [6.45, 7) is 1.67. The van der Waals surface area contributed by atoms with E-state index in [4.69, 9.17) is 0 Å². The zero-order valence-electron chi connectivity index (χ0n) is 10.6. The van der Waals surface area contributed by atoms with Crippen molar-refractivity contribution in [1.82, 2.24) is 0 Å². The van der Waals surface area contributed by atoms with Crippen LogP contribution in [0.4, 0.5) is 11.4 Å². The van der Waals surface area contributed by atoms with Crippen LogP contribution in [0.1, 0.15) is 18.4 Å². The van der Waals surface area contributed by atoms with Gasteiger partial charge < -0.3 is 5.32 Å². The number of hydrogen-bond donors (Lipinski definition) is 1. The number of anilines is 1. The van der Waals surface area contributed by atoms with Crippen LogP contribution in [0.5, 0.6) is 0 Å². The monoisotopic (exact) mass is 284 g/mol. The van der Waals surface area contributed by atoms with Crippen LogP contribution in [0.25, 0.3) is 0 Å². The molecule has 1 aliphatic heterocycles. The van der Waals surface area contributed by atoms with Crippen molar-refractivity contribution in [2.45, 2.75) is 25.8 Å². The molecule has 1 heterocycles. The van der Waals surface area contributed by atoms with Crippen molar-refractivity contribution in [3.05, 3.63) is 33.9 Å². The molecular weight excluding hydrogens is 268 g/mol. The Balaban J connectivity index is 2.24. The lowest BCUT2D eigenvalue weighted by atomic mass is 10.1. The molecule has 0 radical (unpaired) electrons. The molecule has 1 N–H and O–H groups in total. The van der Waals surface area contributed by atoms with Gasteiger partial charge in [-0.05, 0) is 25.8 Å². The predicted octanol–water partition coefficient (Wildman–Crippen LogP) is 1.89. The Kier molecular flexibility index (Phi) is 3.75. The number of benzene rings is 1. The molecule has 0 aromatic heterocycles. The van der Waals surface area contributed by atoms with Gasteiger partial charge in [0.05, 0.1) is 16.4 Å². The first-order chi connectivity index (χ1) is 8.89. The summed E-state index contributed by atoms with van der Waals surface area (Å²) < 4.78 is 23.1. The van der Waals surface area contributed by atoms with Gasteiger partial charge in [-0.15, -0.1) is 0 Å². The molecule has 6 nitrogen and oxygen atoms in total. The minimum absolute atomic E-state index is 0.0190. The molecule has 0 bridgehead atoms. The molecule has 0 saturated carbocycles. The number of aryl methyl sites for hydroxylation is 1. The molecule has 0 aliphatic carbocycles. The van der Waals surface area contributed by atoms with Gasteiger partial charge >= 0.3 is 0 Å². The number of nitro groups is 1. The van der Waals surface area contributed by atoms with Crippen molar-refractivity contribution in [3.63, 3.8) is 0 Å². The fourth-order valence-electron chi connectivity index (χ4n) is 2.37. The fraction of sp³-hybridized carbons (Fsp3) is 0.500. The van der Waals surface area contributed by atoms with Gasteiger partial charge in [0.25, 0.3) is 5.69 Å². The molecule has 19 heavy (non-hydrogen) atoms. The zero-order valence-corrected chi connectivity index (χ0v) is 11.4. The van der Waals surface area contributed by atoms with Crippen LogP contribution < -0.4 is 5.32 Å². The molecule has 1 aromatic rings. The summed E-state index contributed by atoms with van der Waals surface area (Å²) in [6.07, 6.45) is 1.31. The van der Waals surface area contributed by atoms with Crippen molar-refractivity contribution < 1.29 is 13.3 Å². The van der Waals surface area contributed by atoms with Crippen LogP contribution in [0.3, 0.4) is 0 Å². The second-order valence-corrected chi connectivity index (χ2v) is 7.05. The van der Waals surface area contributed by atoms with Crippen LogP contribution in [0.2, 0.25) is 0 Å². The van der Waals surface area contributed by atoms with E-state index in [1.807, 2.05) is 0 Å². The fourth-order valence-corrected chi connectivity index (χ4v) is 4.01. The number of sulfone groups is 1. The van der Waals surface area contributed by atoms with Gasteiger partial charge in [-0.2, -0.15) is 0 Å². The lowest BCUT2D eigenvalue weighted by molar-refractivity contribution is -0.384. The highest BCUT2D eigenvalue weighted by Gasteiger charge is 2.27. The number of nitrogens with one attached hydrogen (secondary N) is 1. The first-order valence-electron chi connectivity index (χ1n) is 6.10. The van der Waals surface area contributed by atoms with Gasteiger partial charge in [0.1, 0.15) is 5.69 Å². The van der Waals surface area contributed by atoms with E-state index >= 15 is 0 Å². The van der Waals surface area contributed by atoms with Gasteiger partial charge in [-0.3, -0.25) is 10.1 Å². The Morgan fingerprint density at radius 1 is 1.42 bits per heavy atom. The second kappa shape index (κ2) is 5.16. The van der Waals surface area contributed by atoms with Crippen LogP contribution in [0.15, 0.2) is 18.2 Å². The number of para-hydroxylation sites is 1. The molecule has 1 aromatic carbocycles. The van der Waals surface area contributed by atoms with Gasteiger partial charge in [0.2, 0.25) is 0 Å². The first-order valence-corrected chi connectivity index (χ1v) is 7.92. The van der Waals surface area contributed by atoms with E-state index in [9.17, 15) is 18.5 Å². The van der Waals surface area contributed by atoms with Crippen LogP contribution >= 0.6 is 0 Å². The lowest BCUT2D eigenvalue weighted by Gasteiger charge is -2.24.